The Bertz CT molecular complexity index is 695. The van der Waals surface area contributed by atoms with Crippen LogP contribution in [0.25, 0.3) is 0 Å². The van der Waals surface area contributed by atoms with E-state index in [1.165, 1.54) is 0 Å². The van der Waals surface area contributed by atoms with Gasteiger partial charge in [0.15, 0.2) is 11.5 Å². The first-order chi connectivity index (χ1) is 13.0. The fraction of sp³-hybridized carbons (Fsp3) is 0.600. The van der Waals surface area contributed by atoms with E-state index in [0.717, 1.165) is 30.6 Å². The van der Waals surface area contributed by atoms with E-state index in [2.05, 4.69) is 0 Å². The number of benzene rings is 1. The second-order valence-corrected chi connectivity index (χ2v) is 8.29. The molecule has 1 heterocycles. The molecule has 1 aromatic carbocycles. The molecule has 1 saturated heterocycles. The van der Waals surface area contributed by atoms with Crippen LogP contribution in [0.5, 0.6) is 11.5 Å². The number of hydrogen-bond donors (Lipinski definition) is 1. The molecule has 6 nitrogen and oxygen atoms in total. The number of rotatable bonds is 7. The number of hydrogen-bond acceptors (Lipinski definition) is 5. The Morgan fingerprint density at radius 2 is 1.93 bits per heavy atom. The van der Waals surface area contributed by atoms with E-state index in [1.54, 1.807) is 30.9 Å². The lowest BCUT2D eigenvalue weighted by molar-refractivity contribution is -0.149. The van der Waals surface area contributed by atoms with Crippen LogP contribution >= 0.6 is 11.8 Å². The van der Waals surface area contributed by atoms with Gasteiger partial charge in [0, 0.05) is 23.1 Å². The predicted molar refractivity (Wildman–Crippen MR) is 104 cm³/mol. The number of nitrogens with zero attached hydrogens (tertiary/aromatic N) is 1. The summed E-state index contributed by atoms with van der Waals surface area (Å²) < 4.78 is 10.5. The number of thioether (sulfide) groups is 1. The van der Waals surface area contributed by atoms with Gasteiger partial charge in [0.1, 0.15) is 6.04 Å². The Morgan fingerprint density at radius 3 is 2.63 bits per heavy atom. The van der Waals surface area contributed by atoms with E-state index in [4.69, 9.17) is 9.47 Å². The molecule has 0 spiro atoms. The third-order valence-electron chi connectivity index (χ3n) is 5.60. The second kappa shape index (κ2) is 8.87. The summed E-state index contributed by atoms with van der Waals surface area (Å²) in [5, 5.41) is 9.57. The zero-order chi connectivity index (χ0) is 19.4. The molecule has 27 heavy (non-hydrogen) atoms. The lowest BCUT2D eigenvalue weighted by Gasteiger charge is -2.33. The van der Waals surface area contributed by atoms with Crippen molar-refractivity contribution in [3.8, 4) is 11.5 Å². The molecule has 7 heteroatoms. The van der Waals surface area contributed by atoms with Crippen LogP contribution in [0, 0.1) is 5.92 Å². The molecule has 0 bridgehead atoms. The van der Waals surface area contributed by atoms with Crippen molar-refractivity contribution in [3.63, 3.8) is 0 Å². The summed E-state index contributed by atoms with van der Waals surface area (Å²) in [6.07, 6.45) is 5.14. The van der Waals surface area contributed by atoms with Crippen molar-refractivity contribution in [2.45, 2.75) is 55.5 Å². The smallest absolute Gasteiger partial charge is 0.326 e. The Balaban J connectivity index is 1.60. The summed E-state index contributed by atoms with van der Waals surface area (Å²) in [5.74, 6) is 1.37. The molecule has 1 aliphatic carbocycles. The van der Waals surface area contributed by atoms with Gasteiger partial charge in [0.05, 0.1) is 14.2 Å². The van der Waals surface area contributed by atoms with E-state index >= 15 is 0 Å². The molecule has 3 unspecified atom stereocenters. The van der Waals surface area contributed by atoms with Crippen LogP contribution in [0.4, 0.5) is 0 Å². The summed E-state index contributed by atoms with van der Waals surface area (Å²) in [7, 11) is 3.19. The highest BCUT2D eigenvalue weighted by Crippen LogP contribution is 2.40. The minimum Gasteiger partial charge on any atom is -0.493 e. The molecule has 0 radical (unpaired) electrons. The van der Waals surface area contributed by atoms with Crippen LogP contribution < -0.4 is 9.47 Å². The van der Waals surface area contributed by atoms with Gasteiger partial charge < -0.3 is 19.5 Å². The van der Waals surface area contributed by atoms with Gasteiger partial charge in [-0.15, -0.1) is 11.8 Å². The number of aliphatic carboxylic acids is 1. The largest absolute Gasteiger partial charge is 0.493 e. The summed E-state index contributed by atoms with van der Waals surface area (Å²) in [4.78, 5) is 27.2. The second-order valence-electron chi connectivity index (χ2n) is 7.12. The molecule has 3 rings (SSSR count). The molecule has 1 N–H and O–H groups in total. The molecule has 1 amide bonds. The number of fused-ring (bicyclic) bond motifs is 1. The van der Waals surface area contributed by atoms with Gasteiger partial charge in [-0.25, -0.2) is 4.79 Å². The molecule has 148 valence electrons. The first-order valence-electron chi connectivity index (χ1n) is 9.44. The van der Waals surface area contributed by atoms with Crippen LogP contribution in [-0.2, 0) is 9.59 Å². The SMILES string of the molecule is COc1ccc(SCCC(=O)N2C(C(=O)O)CC3CCCCC32)cc1OC. The monoisotopic (exact) mass is 393 g/mol. The van der Waals surface area contributed by atoms with Crippen molar-refractivity contribution in [2.75, 3.05) is 20.0 Å². The van der Waals surface area contributed by atoms with Crippen molar-refractivity contribution in [3.05, 3.63) is 18.2 Å². The predicted octanol–water partition coefficient (Wildman–Crippen LogP) is 3.43. The normalized spacial score (nSPS) is 24.4. The van der Waals surface area contributed by atoms with Crippen molar-refractivity contribution in [1.29, 1.82) is 0 Å². The highest BCUT2D eigenvalue weighted by molar-refractivity contribution is 7.99. The van der Waals surface area contributed by atoms with E-state index < -0.39 is 12.0 Å². The molecule has 3 atom stereocenters. The van der Waals surface area contributed by atoms with Crippen molar-refractivity contribution < 1.29 is 24.2 Å². The Labute approximate surface area is 164 Å². The lowest BCUT2D eigenvalue weighted by Crippen LogP contribution is -2.46. The maximum Gasteiger partial charge on any atom is 0.326 e. The highest BCUT2D eigenvalue weighted by atomic mass is 32.2. The molecular weight excluding hydrogens is 366 g/mol. The average Bonchev–Trinajstić information content (AvgIpc) is 3.07. The van der Waals surface area contributed by atoms with Crippen LogP contribution in [0.1, 0.15) is 38.5 Å². The fourth-order valence-corrected chi connectivity index (χ4v) is 5.20. The quantitative estimate of drug-likeness (QED) is 0.715. The van der Waals surface area contributed by atoms with Crippen LogP contribution in [0.3, 0.4) is 0 Å². The van der Waals surface area contributed by atoms with Gasteiger partial charge in [0.25, 0.3) is 0 Å². The number of likely N-dealkylation sites (tertiary alicyclic amines) is 1. The van der Waals surface area contributed by atoms with Crippen molar-refractivity contribution in [2.24, 2.45) is 5.92 Å². The van der Waals surface area contributed by atoms with Crippen LogP contribution in [0.2, 0.25) is 0 Å². The zero-order valence-electron chi connectivity index (χ0n) is 15.8. The maximum atomic E-state index is 12.8. The number of carbonyl (C=O) groups is 2. The number of carboxylic acid groups (broad SMARTS) is 1. The van der Waals surface area contributed by atoms with Gasteiger partial charge in [-0.2, -0.15) is 0 Å². The maximum absolute atomic E-state index is 12.8. The fourth-order valence-electron chi connectivity index (χ4n) is 4.33. The standard InChI is InChI=1S/C20H27NO5S/c1-25-17-8-7-14(12-18(17)26-2)27-10-9-19(22)21-15-6-4-3-5-13(15)11-16(21)20(23)24/h7-8,12-13,15-16H,3-6,9-11H2,1-2H3,(H,23,24). The number of ether oxygens (including phenoxy) is 2. The summed E-state index contributed by atoms with van der Waals surface area (Å²) in [5.41, 5.74) is 0. The molecule has 2 fully saturated rings. The van der Waals surface area contributed by atoms with Gasteiger partial charge in [-0.1, -0.05) is 12.8 Å². The molecule has 2 aliphatic rings. The van der Waals surface area contributed by atoms with Crippen LogP contribution in [-0.4, -0.2) is 53.9 Å². The summed E-state index contributed by atoms with van der Waals surface area (Å²) >= 11 is 1.56. The van der Waals surface area contributed by atoms with E-state index in [-0.39, 0.29) is 11.9 Å². The van der Waals surface area contributed by atoms with Gasteiger partial charge in [-0.3, -0.25) is 4.79 Å². The van der Waals surface area contributed by atoms with E-state index in [1.807, 2.05) is 18.2 Å². The Hall–Kier alpha value is -1.89. The van der Waals surface area contributed by atoms with Crippen LogP contribution in [0.15, 0.2) is 23.1 Å². The third kappa shape index (κ3) is 4.34. The van der Waals surface area contributed by atoms with E-state index in [9.17, 15) is 14.7 Å². The molecule has 1 aromatic rings. The first kappa shape index (κ1) is 19.9. The van der Waals surface area contributed by atoms with Crippen molar-refractivity contribution >= 4 is 23.6 Å². The molecule has 1 saturated carbocycles. The summed E-state index contributed by atoms with van der Waals surface area (Å²) in [6.45, 7) is 0. The minimum atomic E-state index is -0.870. The van der Waals surface area contributed by atoms with Gasteiger partial charge >= 0.3 is 5.97 Å². The average molecular weight is 394 g/mol. The lowest BCUT2D eigenvalue weighted by atomic mass is 9.84. The number of methoxy groups -OCH3 is 2. The molecular formula is C20H27NO5S. The van der Waals surface area contributed by atoms with Gasteiger partial charge in [-0.05, 0) is 43.4 Å². The number of carboxylic acids is 1. The first-order valence-corrected chi connectivity index (χ1v) is 10.4. The zero-order valence-corrected chi connectivity index (χ0v) is 16.7. The Morgan fingerprint density at radius 1 is 1.19 bits per heavy atom. The van der Waals surface area contributed by atoms with Crippen molar-refractivity contribution in [1.82, 2.24) is 4.90 Å². The molecule has 0 aromatic heterocycles. The minimum absolute atomic E-state index is 0.0372. The highest BCUT2D eigenvalue weighted by Gasteiger charge is 2.47. The number of carbonyl (C=O) groups excluding carboxylic acids is 1. The Kier molecular flexibility index (Phi) is 6.52. The molecule has 1 aliphatic heterocycles. The topological polar surface area (TPSA) is 76.1 Å². The van der Waals surface area contributed by atoms with Gasteiger partial charge in [0.2, 0.25) is 5.91 Å². The third-order valence-corrected chi connectivity index (χ3v) is 6.60. The summed E-state index contributed by atoms with van der Waals surface area (Å²) in [6, 6.07) is 5.12. The number of amides is 1. The van der Waals surface area contributed by atoms with E-state index in [0.29, 0.717) is 36.0 Å².